The van der Waals surface area contributed by atoms with Gasteiger partial charge in [0.15, 0.2) is 17.4 Å². The van der Waals surface area contributed by atoms with E-state index in [1.165, 1.54) is 12.1 Å². The van der Waals surface area contributed by atoms with E-state index in [1.54, 1.807) is 54.6 Å². The molecule has 0 aliphatic heterocycles. The maximum atomic E-state index is 13.7. The van der Waals surface area contributed by atoms with Crippen molar-refractivity contribution in [2.24, 2.45) is 0 Å². The van der Waals surface area contributed by atoms with Gasteiger partial charge in [-0.1, -0.05) is 48.5 Å². The van der Waals surface area contributed by atoms with Crippen molar-refractivity contribution < 1.29 is 13.6 Å². The molecule has 0 bridgehead atoms. The minimum atomic E-state index is -1.05. The molecule has 3 aromatic carbocycles. The molecule has 0 fully saturated rings. The van der Waals surface area contributed by atoms with Crippen molar-refractivity contribution in [2.75, 3.05) is 0 Å². The summed E-state index contributed by atoms with van der Waals surface area (Å²) in [6.45, 7) is 0. The Morgan fingerprint density at radius 2 is 1.62 bits per heavy atom. The molecule has 0 saturated carbocycles. The number of Topliss-reactive ketones (excluding diaryl/α,β-unsaturated/α-hetero) is 1. The fourth-order valence-corrected chi connectivity index (χ4v) is 2.97. The standard InChI is InChI=1S/C23H14F2N2O2/c24-17-11-10-14(13-18(17)25)12-16(22(28)15-6-2-1-3-7-15)21-23(29)27-20-9-5-4-8-19(20)26-21/h1-13H,(H,27,29)/b16-12+. The highest BCUT2D eigenvalue weighted by Gasteiger charge is 2.20. The number of rotatable bonds is 4. The number of aromatic amines is 1. The van der Waals surface area contributed by atoms with E-state index in [4.69, 9.17) is 0 Å². The third-order valence-corrected chi connectivity index (χ3v) is 4.39. The van der Waals surface area contributed by atoms with Crippen molar-refractivity contribution in [1.82, 2.24) is 9.97 Å². The summed E-state index contributed by atoms with van der Waals surface area (Å²) in [6.07, 6.45) is 1.34. The largest absolute Gasteiger partial charge is 0.319 e. The summed E-state index contributed by atoms with van der Waals surface area (Å²) in [5.74, 6) is -2.51. The fourth-order valence-electron chi connectivity index (χ4n) is 2.97. The zero-order valence-corrected chi connectivity index (χ0v) is 15.0. The van der Waals surface area contributed by atoms with Gasteiger partial charge in [-0.25, -0.2) is 13.8 Å². The number of nitrogens with one attached hydrogen (secondary N) is 1. The lowest BCUT2D eigenvalue weighted by Crippen LogP contribution is -2.18. The molecule has 4 nitrogen and oxygen atoms in total. The van der Waals surface area contributed by atoms with Gasteiger partial charge in [0.05, 0.1) is 16.6 Å². The number of aromatic nitrogens is 2. The Hall–Kier alpha value is -3.93. The average Bonchev–Trinajstić information content (AvgIpc) is 2.74. The average molecular weight is 388 g/mol. The van der Waals surface area contributed by atoms with Gasteiger partial charge in [0.25, 0.3) is 5.56 Å². The van der Waals surface area contributed by atoms with Gasteiger partial charge in [0.2, 0.25) is 0 Å². The molecule has 1 N–H and O–H groups in total. The zero-order chi connectivity index (χ0) is 20.4. The smallest absolute Gasteiger partial charge is 0.275 e. The Morgan fingerprint density at radius 3 is 2.38 bits per heavy atom. The summed E-state index contributed by atoms with van der Waals surface area (Å²) < 4.78 is 27.0. The van der Waals surface area contributed by atoms with Crippen LogP contribution in [-0.4, -0.2) is 15.8 Å². The maximum Gasteiger partial charge on any atom is 0.275 e. The topological polar surface area (TPSA) is 62.8 Å². The number of carbonyl (C=O) groups excluding carboxylic acids is 1. The van der Waals surface area contributed by atoms with Crippen LogP contribution >= 0.6 is 0 Å². The number of fused-ring (bicyclic) bond motifs is 1. The molecule has 0 unspecified atom stereocenters. The van der Waals surface area contributed by atoms with Crippen molar-refractivity contribution >= 4 is 28.5 Å². The van der Waals surface area contributed by atoms with Crippen molar-refractivity contribution in [1.29, 1.82) is 0 Å². The number of H-pyrrole nitrogens is 1. The Balaban J connectivity index is 1.94. The zero-order valence-electron chi connectivity index (χ0n) is 15.0. The second kappa shape index (κ2) is 7.59. The van der Waals surface area contributed by atoms with Gasteiger partial charge in [0.1, 0.15) is 5.69 Å². The van der Waals surface area contributed by atoms with Crippen molar-refractivity contribution in [3.05, 3.63) is 112 Å². The third kappa shape index (κ3) is 3.73. The van der Waals surface area contributed by atoms with E-state index >= 15 is 0 Å². The number of ketones is 1. The van der Waals surface area contributed by atoms with Gasteiger partial charge >= 0.3 is 0 Å². The van der Waals surface area contributed by atoms with Gasteiger partial charge in [-0.15, -0.1) is 0 Å². The van der Waals surface area contributed by atoms with Crippen LogP contribution in [0.15, 0.2) is 77.6 Å². The number of hydrogen-bond donors (Lipinski definition) is 1. The number of allylic oxidation sites excluding steroid dienone is 1. The van der Waals surface area contributed by atoms with Crippen LogP contribution in [0.2, 0.25) is 0 Å². The Labute approximate surface area is 164 Å². The molecule has 0 radical (unpaired) electrons. The minimum Gasteiger partial charge on any atom is -0.319 e. The lowest BCUT2D eigenvalue weighted by atomic mass is 9.98. The first-order valence-corrected chi connectivity index (χ1v) is 8.79. The third-order valence-electron chi connectivity index (χ3n) is 4.39. The highest BCUT2D eigenvalue weighted by molar-refractivity contribution is 6.32. The van der Waals surface area contributed by atoms with E-state index in [0.717, 1.165) is 12.1 Å². The van der Waals surface area contributed by atoms with E-state index in [-0.39, 0.29) is 16.8 Å². The molecule has 0 aliphatic carbocycles. The fraction of sp³-hybridized carbons (Fsp3) is 0. The number of benzene rings is 3. The van der Waals surface area contributed by atoms with E-state index < -0.39 is 23.0 Å². The van der Waals surface area contributed by atoms with E-state index in [2.05, 4.69) is 9.97 Å². The van der Waals surface area contributed by atoms with Crippen LogP contribution in [0.4, 0.5) is 8.78 Å². The van der Waals surface area contributed by atoms with Gasteiger partial charge in [-0.2, -0.15) is 0 Å². The molecule has 0 atom stereocenters. The Bertz CT molecular complexity index is 1310. The van der Waals surface area contributed by atoms with Gasteiger partial charge in [0, 0.05) is 5.56 Å². The van der Waals surface area contributed by atoms with Crippen LogP contribution in [0.25, 0.3) is 22.7 Å². The summed E-state index contributed by atoms with van der Waals surface area (Å²) >= 11 is 0. The number of para-hydroxylation sites is 2. The molecule has 1 aromatic heterocycles. The SMILES string of the molecule is O=C(/C(=C/c1ccc(F)c(F)c1)c1nc2ccccc2[nH]c1=O)c1ccccc1. The second-order valence-corrected chi connectivity index (χ2v) is 6.36. The van der Waals surface area contributed by atoms with E-state index in [9.17, 15) is 18.4 Å². The molecule has 4 rings (SSSR count). The summed E-state index contributed by atoms with van der Waals surface area (Å²) in [5, 5.41) is 0. The second-order valence-electron chi connectivity index (χ2n) is 6.36. The Kier molecular flexibility index (Phi) is 4.83. The minimum absolute atomic E-state index is 0.0192. The lowest BCUT2D eigenvalue weighted by Gasteiger charge is -2.08. The molecule has 1 heterocycles. The molecular formula is C23H14F2N2O2. The molecule has 0 amide bonds. The molecular weight excluding hydrogens is 374 g/mol. The molecule has 0 aliphatic rings. The molecule has 6 heteroatoms. The van der Waals surface area contributed by atoms with Crippen LogP contribution in [0, 0.1) is 11.6 Å². The van der Waals surface area contributed by atoms with Crippen molar-refractivity contribution in [3.63, 3.8) is 0 Å². The van der Waals surface area contributed by atoms with Crippen LogP contribution in [0.5, 0.6) is 0 Å². The predicted octanol–water partition coefficient (Wildman–Crippen LogP) is 4.62. The van der Waals surface area contributed by atoms with E-state index in [1.807, 2.05) is 0 Å². The van der Waals surface area contributed by atoms with E-state index in [0.29, 0.717) is 16.6 Å². The van der Waals surface area contributed by atoms with Gasteiger partial charge in [-0.3, -0.25) is 9.59 Å². The first kappa shape index (κ1) is 18.4. The molecule has 4 aromatic rings. The van der Waals surface area contributed by atoms with Crippen LogP contribution in [0.3, 0.4) is 0 Å². The Morgan fingerprint density at radius 1 is 0.897 bits per heavy atom. The first-order valence-electron chi connectivity index (χ1n) is 8.79. The number of halogens is 2. The van der Waals surface area contributed by atoms with Crippen LogP contribution in [0.1, 0.15) is 21.6 Å². The molecule has 0 saturated heterocycles. The summed E-state index contributed by atoms with van der Waals surface area (Å²) in [5.41, 5.74) is 0.936. The van der Waals surface area contributed by atoms with Gasteiger partial charge in [-0.05, 0) is 35.9 Å². The monoisotopic (exact) mass is 388 g/mol. The number of hydrogen-bond acceptors (Lipinski definition) is 3. The quantitative estimate of drug-likeness (QED) is 0.410. The maximum absolute atomic E-state index is 13.7. The summed E-state index contributed by atoms with van der Waals surface area (Å²) in [6, 6.07) is 18.5. The molecule has 0 spiro atoms. The normalized spacial score (nSPS) is 11.6. The van der Waals surface area contributed by atoms with Gasteiger partial charge < -0.3 is 4.98 Å². The lowest BCUT2D eigenvalue weighted by molar-refractivity contribution is 0.105. The molecule has 142 valence electrons. The summed E-state index contributed by atoms with van der Waals surface area (Å²) in [7, 11) is 0. The van der Waals surface area contributed by atoms with Crippen molar-refractivity contribution in [2.45, 2.75) is 0 Å². The van der Waals surface area contributed by atoms with Crippen LogP contribution < -0.4 is 5.56 Å². The summed E-state index contributed by atoms with van der Waals surface area (Å²) in [4.78, 5) is 32.9. The first-order chi connectivity index (χ1) is 14.0. The number of carbonyl (C=O) groups is 1. The predicted molar refractivity (Wildman–Crippen MR) is 107 cm³/mol. The number of nitrogens with zero attached hydrogens (tertiary/aromatic N) is 1. The highest BCUT2D eigenvalue weighted by Crippen LogP contribution is 2.22. The highest BCUT2D eigenvalue weighted by atomic mass is 19.2. The molecule has 29 heavy (non-hydrogen) atoms. The van der Waals surface area contributed by atoms with Crippen molar-refractivity contribution in [3.8, 4) is 0 Å². The van der Waals surface area contributed by atoms with Crippen LogP contribution in [-0.2, 0) is 0 Å².